The van der Waals surface area contributed by atoms with Crippen molar-refractivity contribution in [3.8, 4) is 0 Å². The molecule has 1 aliphatic heterocycles. The minimum Gasteiger partial charge on any atom is -0.465 e. The molecule has 2 atom stereocenters. The van der Waals surface area contributed by atoms with E-state index in [1.165, 1.54) is 4.90 Å². The molecule has 3 amide bonds. The lowest BCUT2D eigenvalue weighted by molar-refractivity contribution is -0.124. The molecule has 0 radical (unpaired) electrons. The average Bonchev–Trinajstić information content (AvgIpc) is 3.18. The van der Waals surface area contributed by atoms with Crippen molar-refractivity contribution >= 4 is 28.9 Å². The van der Waals surface area contributed by atoms with Crippen molar-refractivity contribution < 1.29 is 24.2 Å². The summed E-state index contributed by atoms with van der Waals surface area (Å²) < 4.78 is 7.09. The zero-order chi connectivity index (χ0) is 24.8. The highest BCUT2D eigenvalue weighted by molar-refractivity contribution is 5.95. The van der Waals surface area contributed by atoms with Crippen molar-refractivity contribution in [2.45, 2.75) is 45.7 Å². The Morgan fingerprint density at radius 2 is 1.97 bits per heavy atom. The van der Waals surface area contributed by atoms with Gasteiger partial charge in [-0.1, -0.05) is 26.0 Å². The van der Waals surface area contributed by atoms with Crippen LogP contribution in [0.3, 0.4) is 0 Å². The maximum Gasteiger partial charge on any atom is 0.407 e. The summed E-state index contributed by atoms with van der Waals surface area (Å²) in [5.41, 5.74) is 7.15. The summed E-state index contributed by atoms with van der Waals surface area (Å²) in [5.74, 6) is -1.02. The Kier molecular flexibility index (Phi) is 8.49. The number of para-hydroxylation sites is 2. The molecule has 2 aromatic rings. The molecule has 10 nitrogen and oxygen atoms in total. The summed E-state index contributed by atoms with van der Waals surface area (Å²) in [4.78, 5) is 45.2. The molecular formula is C24H35N5O5. The molecule has 0 bridgehead atoms. The van der Waals surface area contributed by atoms with E-state index in [0.717, 1.165) is 23.9 Å². The first-order valence-electron chi connectivity index (χ1n) is 11.7. The number of carbonyl (C=O) groups is 3. The first-order valence-corrected chi connectivity index (χ1v) is 11.7. The molecule has 1 saturated heterocycles. The van der Waals surface area contributed by atoms with Gasteiger partial charge in [0.15, 0.2) is 5.82 Å². The topological polar surface area (TPSA) is 131 Å². The molecule has 10 heteroatoms. The van der Waals surface area contributed by atoms with E-state index in [4.69, 9.17) is 10.5 Å². The number of nitrogens with zero attached hydrogens (tertiary/aromatic N) is 4. The van der Waals surface area contributed by atoms with Crippen LogP contribution in [0.1, 0.15) is 43.7 Å². The Labute approximate surface area is 199 Å². The van der Waals surface area contributed by atoms with E-state index in [9.17, 15) is 19.5 Å². The largest absolute Gasteiger partial charge is 0.465 e. The number of aryl methyl sites for hydroxylation is 1. The number of ether oxygens (including phenoxy) is 1. The average molecular weight is 474 g/mol. The van der Waals surface area contributed by atoms with Crippen LogP contribution >= 0.6 is 0 Å². The molecule has 0 saturated carbocycles. The van der Waals surface area contributed by atoms with Gasteiger partial charge in [-0.15, -0.1) is 0 Å². The molecule has 0 aliphatic carbocycles. The van der Waals surface area contributed by atoms with Gasteiger partial charge < -0.3 is 29.9 Å². The quantitative estimate of drug-likeness (QED) is 0.510. The van der Waals surface area contributed by atoms with E-state index in [2.05, 4.69) is 4.98 Å². The van der Waals surface area contributed by atoms with Crippen LogP contribution in [0.15, 0.2) is 24.3 Å². The number of rotatable bonds is 10. The lowest BCUT2D eigenvalue weighted by Gasteiger charge is -2.41. The number of methoxy groups -OCH3 is 1. The van der Waals surface area contributed by atoms with Crippen molar-refractivity contribution in [1.82, 2.24) is 19.4 Å². The molecular weight excluding hydrogens is 438 g/mol. The number of imidazole rings is 1. The molecule has 3 N–H and O–H groups in total. The first kappa shape index (κ1) is 25.5. The Bertz CT molecular complexity index is 998. The van der Waals surface area contributed by atoms with Gasteiger partial charge in [0, 0.05) is 39.9 Å². The molecule has 1 aliphatic rings. The van der Waals surface area contributed by atoms with Crippen LogP contribution in [-0.2, 0) is 16.1 Å². The van der Waals surface area contributed by atoms with Gasteiger partial charge in [0.2, 0.25) is 5.91 Å². The second kappa shape index (κ2) is 11.3. The highest BCUT2D eigenvalue weighted by atomic mass is 16.5. The number of unbranched alkanes of at least 4 members (excludes halogenated alkanes) is 1. The van der Waals surface area contributed by atoms with E-state index in [-0.39, 0.29) is 24.9 Å². The molecule has 2 heterocycles. The Balaban J connectivity index is 1.97. The Morgan fingerprint density at radius 3 is 2.62 bits per heavy atom. The number of likely N-dealkylation sites (tertiary alicyclic amines) is 1. The fraction of sp³-hybridized carbons (Fsp3) is 0.583. The summed E-state index contributed by atoms with van der Waals surface area (Å²) in [6, 6.07) is 7.14. The zero-order valence-electron chi connectivity index (χ0n) is 20.1. The number of hydrogen-bond donors (Lipinski definition) is 2. The SMILES string of the molecule is COCCCCn1c(C(=O)N(CC(C)C)[C@H]2C[C@@H](C(N)=O)CN(C(=O)O)C2)nc2ccccc21. The predicted molar refractivity (Wildman–Crippen MR) is 127 cm³/mol. The number of amides is 3. The predicted octanol–water partition coefficient (Wildman–Crippen LogP) is 2.41. The number of carboxylic acid groups (broad SMARTS) is 1. The summed E-state index contributed by atoms with van der Waals surface area (Å²) in [7, 11) is 1.66. The molecule has 0 spiro atoms. The summed E-state index contributed by atoms with van der Waals surface area (Å²) in [5, 5.41) is 9.60. The van der Waals surface area contributed by atoms with E-state index in [0.29, 0.717) is 31.9 Å². The van der Waals surface area contributed by atoms with Gasteiger partial charge in [0.25, 0.3) is 5.91 Å². The number of primary amides is 1. The maximum atomic E-state index is 13.9. The normalized spacial score (nSPS) is 18.4. The van der Waals surface area contributed by atoms with Crippen LogP contribution in [0.25, 0.3) is 11.0 Å². The highest BCUT2D eigenvalue weighted by Crippen LogP contribution is 2.25. The van der Waals surface area contributed by atoms with Crippen LogP contribution in [0, 0.1) is 11.8 Å². The van der Waals surface area contributed by atoms with Gasteiger partial charge in [-0.25, -0.2) is 9.78 Å². The fourth-order valence-corrected chi connectivity index (χ4v) is 4.56. The van der Waals surface area contributed by atoms with Crippen molar-refractivity contribution in [3.63, 3.8) is 0 Å². The molecule has 3 rings (SSSR count). The summed E-state index contributed by atoms with van der Waals surface area (Å²) >= 11 is 0. The van der Waals surface area contributed by atoms with Gasteiger partial charge in [-0.05, 0) is 37.3 Å². The molecule has 34 heavy (non-hydrogen) atoms. The second-order valence-corrected chi connectivity index (χ2v) is 9.30. The number of nitrogens with two attached hydrogens (primary N) is 1. The van der Waals surface area contributed by atoms with Gasteiger partial charge in [0.05, 0.1) is 23.0 Å². The number of benzene rings is 1. The lowest BCUT2D eigenvalue weighted by atomic mass is 9.92. The smallest absolute Gasteiger partial charge is 0.407 e. The third-order valence-electron chi connectivity index (χ3n) is 6.19. The fourth-order valence-electron chi connectivity index (χ4n) is 4.56. The minimum atomic E-state index is -1.13. The van der Waals surface area contributed by atoms with E-state index < -0.39 is 24.0 Å². The first-order chi connectivity index (χ1) is 16.2. The molecule has 1 fully saturated rings. The van der Waals surface area contributed by atoms with E-state index in [1.54, 1.807) is 12.0 Å². The Morgan fingerprint density at radius 1 is 1.24 bits per heavy atom. The summed E-state index contributed by atoms with van der Waals surface area (Å²) in [6.07, 6.45) is 0.867. The number of carbonyl (C=O) groups excluding carboxylic acids is 2. The van der Waals surface area contributed by atoms with Crippen LogP contribution < -0.4 is 5.73 Å². The van der Waals surface area contributed by atoms with Crippen LogP contribution in [0.5, 0.6) is 0 Å². The van der Waals surface area contributed by atoms with Crippen LogP contribution in [0.4, 0.5) is 4.79 Å². The third-order valence-corrected chi connectivity index (χ3v) is 6.19. The van der Waals surface area contributed by atoms with Crippen molar-refractivity contribution in [2.75, 3.05) is 33.4 Å². The molecule has 186 valence electrons. The lowest BCUT2D eigenvalue weighted by Crippen LogP contribution is -2.56. The van der Waals surface area contributed by atoms with Gasteiger partial charge >= 0.3 is 6.09 Å². The van der Waals surface area contributed by atoms with E-state index >= 15 is 0 Å². The maximum absolute atomic E-state index is 13.9. The third kappa shape index (κ3) is 5.85. The van der Waals surface area contributed by atoms with Gasteiger partial charge in [-0.2, -0.15) is 0 Å². The number of aromatic nitrogens is 2. The van der Waals surface area contributed by atoms with Crippen molar-refractivity contribution in [2.24, 2.45) is 17.6 Å². The molecule has 1 aromatic carbocycles. The monoisotopic (exact) mass is 473 g/mol. The molecule has 1 aromatic heterocycles. The summed E-state index contributed by atoms with van der Waals surface area (Å²) in [6.45, 7) is 5.83. The highest BCUT2D eigenvalue weighted by Gasteiger charge is 2.38. The van der Waals surface area contributed by atoms with Gasteiger partial charge in [0.1, 0.15) is 0 Å². The van der Waals surface area contributed by atoms with Crippen LogP contribution in [-0.4, -0.2) is 81.8 Å². The van der Waals surface area contributed by atoms with Crippen molar-refractivity contribution in [3.05, 3.63) is 30.1 Å². The number of hydrogen-bond acceptors (Lipinski definition) is 5. The van der Waals surface area contributed by atoms with Crippen LogP contribution in [0.2, 0.25) is 0 Å². The Hall–Kier alpha value is -3.14. The second-order valence-electron chi connectivity index (χ2n) is 9.30. The van der Waals surface area contributed by atoms with Crippen molar-refractivity contribution in [1.29, 1.82) is 0 Å². The minimum absolute atomic E-state index is 0.0445. The zero-order valence-corrected chi connectivity index (χ0v) is 20.1. The van der Waals surface area contributed by atoms with E-state index in [1.807, 2.05) is 42.7 Å². The number of fused-ring (bicyclic) bond motifs is 1. The molecule has 0 unspecified atom stereocenters. The van der Waals surface area contributed by atoms with Gasteiger partial charge in [-0.3, -0.25) is 9.59 Å². The standard InChI is InChI=1S/C24H35N5O5/c1-16(2)13-29(18-12-17(21(25)30)14-27(15-18)24(32)33)23(31)22-26-19-8-4-5-9-20(19)28(22)10-6-7-11-34-3/h4-5,8-9,16-18H,6-7,10-15H2,1-3H3,(H2,25,30)(H,32,33)/t17-,18+/m1/s1. The number of piperidine rings is 1.